The van der Waals surface area contributed by atoms with Crippen LogP contribution < -0.4 is 0 Å². The highest BCUT2D eigenvalue weighted by Gasteiger charge is 2.16. The molecule has 0 aliphatic carbocycles. The van der Waals surface area contributed by atoms with Crippen molar-refractivity contribution < 1.29 is 19.8 Å². The molecule has 0 unspecified atom stereocenters. The molecule has 0 amide bonds. The van der Waals surface area contributed by atoms with Crippen LogP contribution in [0.3, 0.4) is 0 Å². The fourth-order valence-electron chi connectivity index (χ4n) is 2.47. The predicted octanol–water partition coefficient (Wildman–Crippen LogP) is 4.56. The standard InChI is InChI=1S/C19H12BrNO4/c20-16-4-2-1-3-11(16)5-6-12-7-8-13-14(18(22)23)9-10-15(19(24)25)17(13)21-12/h1-10H,(H,22,23)(H,24,25)/b6-5+. The largest absolute Gasteiger partial charge is 0.478 e. The highest BCUT2D eigenvalue weighted by molar-refractivity contribution is 9.10. The average molecular weight is 398 g/mol. The lowest BCUT2D eigenvalue weighted by Crippen LogP contribution is -2.04. The van der Waals surface area contributed by atoms with Crippen molar-refractivity contribution in [3.8, 4) is 0 Å². The van der Waals surface area contributed by atoms with Gasteiger partial charge < -0.3 is 10.2 Å². The molecular formula is C19H12BrNO4. The number of hydrogen-bond acceptors (Lipinski definition) is 3. The molecule has 0 aliphatic heterocycles. The maximum Gasteiger partial charge on any atom is 0.337 e. The van der Waals surface area contributed by atoms with E-state index in [1.807, 2.05) is 30.3 Å². The molecule has 1 aromatic heterocycles. The van der Waals surface area contributed by atoms with Crippen LogP contribution in [0.4, 0.5) is 0 Å². The third kappa shape index (κ3) is 3.44. The maximum absolute atomic E-state index is 11.4. The summed E-state index contributed by atoms with van der Waals surface area (Å²) in [7, 11) is 0. The van der Waals surface area contributed by atoms with Crippen LogP contribution in [0.25, 0.3) is 23.1 Å². The van der Waals surface area contributed by atoms with Crippen LogP contribution in [0, 0.1) is 0 Å². The molecule has 0 fully saturated rings. The summed E-state index contributed by atoms with van der Waals surface area (Å²) in [5.41, 5.74) is 1.63. The highest BCUT2D eigenvalue weighted by Crippen LogP contribution is 2.24. The van der Waals surface area contributed by atoms with Crippen LogP contribution in [0.5, 0.6) is 0 Å². The van der Waals surface area contributed by atoms with Crippen molar-refractivity contribution in [3.05, 3.63) is 75.4 Å². The van der Waals surface area contributed by atoms with E-state index in [4.69, 9.17) is 0 Å². The number of halogens is 1. The highest BCUT2D eigenvalue weighted by atomic mass is 79.9. The van der Waals surface area contributed by atoms with Gasteiger partial charge in [0.2, 0.25) is 0 Å². The number of nitrogens with zero attached hydrogens (tertiary/aromatic N) is 1. The summed E-state index contributed by atoms with van der Waals surface area (Å²) >= 11 is 3.45. The van der Waals surface area contributed by atoms with Gasteiger partial charge >= 0.3 is 11.9 Å². The van der Waals surface area contributed by atoms with Gasteiger partial charge in [0.15, 0.2) is 0 Å². The van der Waals surface area contributed by atoms with Crippen LogP contribution in [-0.2, 0) is 0 Å². The Kier molecular flexibility index (Phi) is 4.63. The lowest BCUT2D eigenvalue weighted by Gasteiger charge is -2.06. The van der Waals surface area contributed by atoms with Crippen molar-refractivity contribution >= 4 is 50.9 Å². The zero-order chi connectivity index (χ0) is 18.0. The molecule has 1 heterocycles. The molecule has 0 spiro atoms. The molecule has 0 aliphatic rings. The van der Waals surface area contributed by atoms with Crippen molar-refractivity contribution in [3.63, 3.8) is 0 Å². The van der Waals surface area contributed by atoms with Gasteiger partial charge in [0.1, 0.15) is 0 Å². The average Bonchev–Trinajstić information content (AvgIpc) is 2.59. The summed E-state index contributed by atoms with van der Waals surface area (Å²) in [5.74, 6) is -2.28. The van der Waals surface area contributed by atoms with E-state index in [0.717, 1.165) is 10.0 Å². The molecule has 124 valence electrons. The van der Waals surface area contributed by atoms with Crippen molar-refractivity contribution in [2.45, 2.75) is 0 Å². The number of pyridine rings is 1. The Bertz CT molecular complexity index is 1030. The summed E-state index contributed by atoms with van der Waals surface area (Å²) < 4.78 is 0.923. The van der Waals surface area contributed by atoms with Gasteiger partial charge in [-0.2, -0.15) is 0 Å². The fourth-order valence-corrected chi connectivity index (χ4v) is 2.89. The molecule has 3 aromatic rings. The molecule has 25 heavy (non-hydrogen) atoms. The van der Waals surface area contributed by atoms with Crippen LogP contribution >= 0.6 is 15.9 Å². The van der Waals surface area contributed by atoms with Crippen molar-refractivity contribution in [2.24, 2.45) is 0 Å². The maximum atomic E-state index is 11.4. The SMILES string of the molecule is O=C(O)c1ccc(C(=O)O)c2nc(/C=C/c3ccccc3Br)ccc12. The minimum Gasteiger partial charge on any atom is -0.478 e. The zero-order valence-electron chi connectivity index (χ0n) is 12.8. The van der Waals surface area contributed by atoms with Gasteiger partial charge in [-0.1, -0.05) is 40.2 Å². The first kappa shape index (κ1) is 16.9. The van der Waals surface area contributed by atoms with Crippen LogP contribution in [0.15, 0.2) is 53.0 Å². The number of carboxylic acids is 2. The van der Waals surface area contributed by atoms with Gasteiger partial charge in [0.05, 0.1) is 22.3 Å². The number of carboxylic acid groups (broad SMARTS) is 2. The van der Waals surface area contributed by atoms with E-state index < -0.39 is 11.9 Å². The van der Waals surface area contributed by atoms with Gasteiger partial charge in [-0.05, 0) is 42.0 Å². The topological polar surface area (TPSA) is 87.5 Å². The van der Waals surface area contributed by atoms with Crippen molar-refractivity contribution in [1.29, 1.82) is 0 Å². The van der Waals surface area contributed by atoms with E-state index >= 15 is 0 Å². The Balaban J connectivity index is 2.13. The molecule has 6 heteroatoms. The second-order valence-corrected chi connectivity index (χ2v) is 6.11. The third-order valence-corrected chi connectivity index (χ3v) is 4.40. The van der Waals surface area contributed by atoms with Crippen LogP contribution in [0.1, 0.15) is 32.0 Å². The van der Waals surface area contributed by atoms with Gasteiger partial charge in [0.25, 0.3) is 0 Å². The number of hydrogen-bond donors (Lipinski definition) is 2. The number of aromatic carboxylic acids is 2. The monoisotopic (exact) mass is 397 g/mol. The number of benzene rings is 2. The van der Waals surface area contributed by atoms with Gasteiger partial charge in [-0.25, -0.2) is 14.6 Å². The van der Waals surface area contributed by atoms with E-state index in [2.05, 4.69) is 20.9 Å². The summed E-state index contributed by atoms with van der Waals surface area (Å²) in [6, 6.07) is 13.4. The van der Waals surface area contributed by atoms with Crippen molar-refractivity contribution in [2.75, 3.05) is 0 Å². The Labute approximate surface area is 151 Å². The lowest BCUT2D eigenvalue weighted by atomic mass is 10.0. The summed E-state index contributed by atoms with van der Waals surface area (Å²) in [4.78, 5) is 27.1. The Morgan fingerprint density at radius 3 is 2.24 bits per heavy atom. The fraction of sp³-hybridized carbons (Fsp3) is 0. The zero-order valence-corrected chi connectivity index (χ0v) is 14.4. The Hall–Kier alpha value is -2.99. The smallest absolute Gasteiger partial charge is 0.337 e. The molecule has 5 nitrogen and oxygen atoms in total. The quantitative estimate of drug-likeness (QED) is 0.673. The van der Waals surface area contributed by atoms with E-state index in [1.165, 1.54) is 12.1 Å². The van der Waals surface area contributed by atoms with E-state index in [-0.39, 0.29) is 16.6 Å². The van der Waals surface area contributed by atoms with Gasteiger partial charge in [0, 0.05) is 9.86 Å². The normalized spacial score (nSPS) is 11.1. The third-order valence-electron chi connectivity index (χ3n) is 3.68. The summed E-state index contributed by atoms with van der Waals surface area (Å²) in [6.45, 7) is 0. The van der Waals surface area contributed by atoms with Crippen LogP contribution in [-0.4, -0.2) is 27.1 Å². The lowest BCUT2D eigenvalue weighted by molar-refractivity contribution is 0.0684. The van der Waals surface area contributed by atoms with Crippen LogP contribution in [0.2, 0.25) is 0 Å². The minimum absolute atomic E-state index is 0.0221. The first-order chi connectivity index (χ1) is 12.0. The molecular weight excluding hydrogens is 386 g/mol. The van der Waals surface area contributed by atoms with E-state index in [0.29, 0.717) is 11.1 Å². The molecule has 0 saturated carbocycles. The Morgan fingerprint density at radius 2 is 1.56 bits per heavy atom. The summed E-state index contributed by atoms with van der Waals surface area (Å²) in [6.07, 6.45) is 3.60. The summed E-state index contributed by atoms with van der Waals surface area (Å²) in [5, 5.41) is 18.9. The number of rotatable bonds is 4. The second kappa shape index (κ2) is 6.86. The molecule has 2 aromatic carbocycles. The van der Waals surface area contributed by atoms with Gasteiger partial charge in [-0.15, -0.1) is 0 Å². The Morgan fingerprint density at radius 1 is 0.880 bits per heavy atom. The molecule has 0 bridgehead atoms. The number of carbonyl (C=O) groups is 2. The van der Waals surface area contributed by atoms with E-state index in [9.17, 15) is 19.8 Å². The van der Waals surface area contributed by atoms with E-state index in [1.54, 1.807) is 18.2 Å². The predicted molar refractivity (Wildman–Crippen MR) is 98.7 cm³/mol. The number of aromatic nitrogens is 1. The number of fused-ring (bicyclic) bond motifs is 1. The first-order valence-corrected chi connectivity index (χ1v) is 8.09. The molecule has 0 radical (unpaired) electrons. The first-order valence-electron chi connectivity index (χ1n) is 7.30. The molecule has 2 N–H and O–H groups in total. The second-order valence-electron chi connectivity index (χ2n) is 5.26. The molecule has 0 atom stereocenters. The van der Waals surface area contributed by atoms with Crippen molar-refractivity contribution in [1.82, 2.24) is 4.98 Å². The molecule has 3 rings (SSSR count). The van der Waals surface area contributed by atoms with Gasteiger partial charge in [-0.3, -0.25) is 0 Å². The minimum atomic E-state index is -1.15. The molecule has 0 saturated heterocycles.